The molecule has 1 atom stereocenters. The number of hydrogen-bond acceptors (Lipinski definition) is 4. The van der Waals surface area contributed by atoms with Crippen molar-refractivity contribution in [2.45, 2.75) is 6.04 Å². The Balaban J connectivity index is 2.08. The summed E-state index contributed by atoms with van der Waals surface area (Å²) in [6, 6.07) is 10.2. The second-order valence-corrected chi connectivity index (χ2v) is 7.23. The summed E-state index contributed by atoms with van der Waals surface area (Å²) in [5, 5.41) is 15.3. The summed E-state index contributed by atoms with van der Waals surface area (Å²) in [6.45, 7) is 0. The minimum absolute atomic E-state index is 0.0166. The van der Waals surface area contributed by atoms with E-state index in [9.17, 15) is 19.1 Å². The highest BCUT2D eigenvalue weighted by molar-refractivity contribution is 7.10. The third-order valence-corrected chi connectivity index (χ3v) is 5.39. The van der Waals surface area contributed by atoms with Crippen LogP contribution in [-0.4, -0.2) is 26.8 Å². The number of nitrogens with zero attached hydrogens (tertiary/aromatic N) is 2. The predicted molar refractivity (Wildman–Crippen MR) is 104 cm³/mol. The van der Waals surface area contributed by atoms with Crippen molar-refractivity contribution in [3.8, 4) is 11.3 Å². The topological polar surface area (TPSA) is 98.2 Å². The Morgan fingerprint density at radius 2 is 1.93 bits per heavy atom. The van der Waals surface area contributed by atoms with Gasteiger partial charge in [-0.2, -0.15) is 5.10 Å². The van der Waals surface area contributed by atoms with Gasteiger partial charge in [0.1, 0.15) is 17.3 Å². The van der Waals surface area contributed by atoms with Crippen LogP contribution in [0.2, 0.25) is 0 Å². The molecule has 2 heterocycles. The SMILES string of the molecule is NC(=O)C(c1cccs1)n1nc(-c2cccc(F)c2)c2c(F)c(C(=O)O)ccc21. The largest absolute Gasteiger partial charge is 0.478 e. The van der Waals surface area contributed by atoms with Crippen LogP contribution in [0.3, 0.4) is 0 Å². The van der Waals surface area contributed by atoms with E-state index in [1.165, 1.54) is 40.3 Å². The average molecular weight is 413 g/mol. The Bertz CT molecular complexity index is 1250. The number of primary amides is 1. The fourth-order valence-corrected chi connectivity index (χ4v) is 4.04. The number of carboxylic acid groups (broad SMARTS) is 1. The van der Waals surface area contributed by atoms with E-state index in [0.717, 1.165) is 12.1 Å². The van der Waals surface area contributed by atoms with Crippen molar-refractivity contribution in [2.75, 3.05) is 0 Å². The number of thiophene rings is 1. The number of amides is 1. The van der Waals surface area contributed by atoms with E-state index in [1.54, 1.807) is 17.5 Å². The number of aromatic carboxylic acids is 1. The van der Waals surface area contributed by atoms with E-state index < -0.39 is 35.1 Å². The van der Waals surface area contributed by atoms with Crippen molar-refractivity contribution in [2.24, 2.45) is 5.73 Å². The Morgan fingerprint density at radius 1 is 1.14 bits per heavy atom. The van der Waals surface area contributed by atoms with E-state index in [-0.39, 0.29) is 22.2 Å². The molecule has 0 spiro atoms. The molecule has 3 N–H and O–H groups in total. The Labute approximate surface area is 166 Å². The second-order valence-electron chi connectivity index (χ2n) is 6.25. The predicted octanol–water partition coefficient (Wildman–Crippen LogP) is 3.82. The zero-order valence-corrected chi connectivity index (χ0v) is 15.5. The van der Waals surface area contributed by atoms with Gasteiger partial charge < -0.3 is 10.8 Å². The lowest BCUT2D eigenvalue weighted by Crippen LogP contribution is -2.27. The molecular weight excluding hydrogens is 400 g/mol. The molecule has 0 bridgehead atoms. The lowest BCUT2D eigenvalue weighted by molar-refractivity contribution is -0.120. The van der Waals surface area contributed by atoms with Crippen LogP contribution >= 0.6 is 11.3 Å². The molecule has 2 aromatic carbocycles. The maximum absolute atomic E-state index is 15.1. The summed E-state index contributed by atoms with van der Waals surface area (Å²) in [4.78, 5) is 24.2. The van der Waals surface area contributed by atoms with Crippen LogP contribution in [0.25, 0.3) is 22.2 Å². The molecule has 29 heavy (non-hydrogen) atoms. The first-order valence-corrected chi connectivity index (χ1v) is 9.29. The van der Waals surface area contributed by atoms with Crippen LogP contribution in [-0.2, 0) is 4.79 Å². The van der Waals surface area contributed by atoms with Gasteiger partial charge in [-0.25, -0.2) is 18.3 Å². The molecule has 4 aromatic rings. The number of carbonyl (C=O) groups is 2. The van der Waals surface area contributed by atoms with E-state index in [4.69, 9.17) is 5.73 Å². The minimum Gasteiger partial charge on any atom is -0.478 e. The number of carbonyl (C=O) groups excluding carboxylic acids is 1. The molecule has 146 valence electrons. The molecule has 6 nitrogen and oxygen atoms in total. The van der Waals surface area contributed by atoms with Gasteiger partial charge in [0.05, 0.1) is 16.5 Å². The maximum atomic E-state index is 15.1. The molecule has 0 aliphatic carbocycles. The molecule has 0 radical (unpaired) electrons. The first-order chi connectivity index (χ1) is 13.9. The summed E-state index contributed by atoms with van der Waals surface area (Å²) >= 11 is 1.27. The lowest BCUT2D eigenvalue weighted by Gasteiger charge is -2.13. The standard InChI is InChI=1S/C20H13F2N3O3S/c21-11-4-1-3-10(9-11)17-15-13(7-6-12(16(15)22)20(27)28)25(24-17)18(19(23)26)14-5-2-8-29-14/h1-9,18H,(H2,23,26)(H,27,28). The van der Waals surface area contributed by atoms with Crippen LogP contribution in [0.15, 0.2) is 53.9 Å². The summed E-state index contributed by atoms with van der Waals surface area (Å²) in [5.41, 5.74) is 5.47. The molecule has 0 fully saturated rings. The molecule has 1 amide bonds. The van der Waals surface area contributed by atoms with Gasteiger partial charge in [-0.3, -0.25) is 4.79 Å². The van der Waals surface area contributed by atoms with Gasteiger partial charge in [0.25, 0.3) is 0 Å². The molecule has 0 saturated heterocycles. The van der Waals surface area contributed by atoms with E-state index in [0.29, 0.717) is 4.88 Å². The Morgan fingerprint density at radius 3 is 2.55 bits per heavy atom. The van der Waals surface area contributed by atoms with Gasteiger partial charge in [-0.1, -0.05) is 18.2 Å². The van der Waals surface area contributed by atoms with Crippen molar-refractivity contribution in [1.82, 2.24) is 9.78 Å². The van der Waals surface area contributed by atoms with Gasteiger partial charge in [-0.05, 0) is 35.7 Å². The van der Waals surface area contributed by atoms with Crippen molar-refractivity contribution < 1.29 is 23.5 Å². The molecule has 4 rings (SSSR count). The Hall–Kier alpha value is -3.59. The number of hydrogen-bond donors (Lipinski definition) is 2. The van der Waals surface area contributed by atoms with Crippen LogP contribution in [0.4, 0.5) is 8.78 Å². The zero-order valence-electron chi connectivity index (χ0n) is 14.7. The summed E-state index contributed by atoms with van der Waals surface area (Å²) < 4.78 is 30.2. The summed E-state index contributed by atoms with van der Waals surface area (Å²) in [6.07, 6.45) is 0. The molecule has 0 saturated carbocycles. The highest BCUT2D eigenvalue weighted by Crippen LogP contribution is 2.35. The van der Waals surface area contributed by atoms with Crippen LogP contribution in [0, 0.1) is 11.6 Å². The lowest BCUT2D eigenvalue weighted by atomic mass is 10.0. The van der Waals surface area contributed by atoms with E-state index in [1.807, 2.05) is 0 Å². The number of benzene rings is 2. The number of nitrogens with two attached hydrogens (primary N) is 1. The monoisotopic (exact) mass is 413 g/mol. The third-order valence-electron chi connectivity index (χ3n) is 4.47. The van der Waals surface area contributed by atoms with Crippen LogP contribution < -0.4 is 5.73 Å². The second kappa shape index (κ2) is 7.10. The molecule has 2 aromatic heterocycles. The van der Waals surface area contributed by atoms with Crippen molar-refractivity contribution >= 4 is 34.1 Å². The zero-order chi connectivity index (χ0) is 20.7. The normalized spacial score (nSPS) is 12.2. The van der Waals surface area contributed by atoms with E-state index in [2.05, 4.69) is 5.10 Å². The molecule has 1 unspecified atom stereocenters. The quantitative estimate of drug-likeness (QED) is 0.520. The highest BCUT2D eigenvalue weighted by Gasteiger charge is 2.28. The van der Waals surface area contributed by atoms with Crippen molar-refractivity contribution in [3.05, 3.63) is 76.0 Å². The smallest absolute Gasteiger partial charge is 0.338 e. The Kier molecular flexibility index (Phi) is 4.59. The first kappa shape index (κ1) is 18.8. The van der Waals surface area contributed by atoms with Gasteiger partial charge in [0.15, 0.2) is 6.04 Å². The number of aromatic nitrogens is 2. The van der Waals surface area contributed by atoms with Crippen molar-refractivity contribution in [3.63, 3.8) is 0 Å². The number of rotatable bonds is 5. The number of halogens is 2. The van der Waals surface area contributed by atoms with Gasteiger partial charge >= 0.3 is 5.97 Å². The third kappa shape index (κ3) is 3.15. The summed E-state index contributed by atoms with van der Waals surface area (Å²) in [7, 11) is 0. The first-order valence-electron chi connectivity index (χ1n) is 8.41. The fraction of sp³-hybridized carbons (Fsp3) is 0.0500. The molecule has 9 heteroatoms. The molecule has 0 aliphatic heterocycles. The highest BCUT2D eigenvalue weighted by atomic mass is 32.1. The molecule has 0 aliphatic rings. The average Bonchev–Trinajstić information content (AvgIpc) is 3.31. The number of carboxylic acids is 1. The summed E-state index contributed by atoms with van der Waals surface area (Å²) in [5.74, 6) is -3.75. The molecular formula is C20H13F2N3O3S. The van der Waals surface area contributed by atoms with Crippen molar-refractivity contribution in [1.29, 1.82) is 0 Å². The number of fused-ring (bicyclic) bond motifs is 1. The van der Waals surface area contributed by atoms with Crippen LogP contribution in [0.5, 0.6) is 0 Å². The fourth-order valence-electron chi connectivity index (χ4n) is 3.22. The van der Waals surface area contributed by atoms with Gasteiger partial charge in [0.2, 0.25) is 5.91 Å². The maximum Gasteiger partial charge on any atom is 0.338 e. The minimum atomic E-state index is -1.45. The van der Waals surface area contributed by atoms with E-state index >= 15 is 4.39 Å². The van der Waals surface area contributed by atoms with Gasteiger partial charge in [0, 0.05) is 10.4 Å². The van der Waals surface area contributed by atoms with Gasteiger partial charge in [-0.15, -0.1) is 11.3 Å². The van der Waals surface area contributed by atoms with Crippen LogP contribution in [0.1, 0.15) is 21.3 Å².